The molecule has 0 fully saturated rings. The van der Waals surface area contributed by atoms with Crippen LogP contribution in [0.4, 0.5) is 23.2 Å². The molecule has 0 spiro atoms. The fraction of sp³-hybridized carbons (Fsp3) is 0.368. The van der Waals surface area contributed by atoms with Crippen molar-refractivity contribution >= 4 is 17.5 Å². The molecule has 0 aliphatic heterocycles. The van der Waals surface area contributed by atoms with Crippen LogP contribution in [0.15, 0.2) is 18.2 Å². The lowest BCUT2D eigenvalue weighted by Crippen LogP contribution is -2.34. The summed E-state index contributed by atoms with van der Waals surface area (Å²) in [7, 11) is 1.49. The Hall–Kier alpha value is -2.92. The number of nitrogens with zero attached hydrogens (tertiary/aromatic N) is 1. The number of rotatable bonds is 6. The highest BCUT2D eigenvalue weighted by Gasteiger charge is 2.31. The van der Waals surface area contributed by atoms with Gasteiger partial charge in [-0.2, -0.15) is 13.2 Å². The molecule has 1 heterocycles. The Kier molecular flexibility index (Phi) is 6.88. The van der Waals surface area contributed by atoms with Gasteiger partial charge in [-0.15, -0.1) is 0 Å². The molecule has 1 aromatic heterocycles. The third-order valence-electron chi connectivity index (χ3n) is 4.54. The van der Waals surface area contributed by atoms with Crippen LogP contribution in [0.25, 0.3) is 0 Å². The van der Waals surface area contributed by atoms with Gasteiger partial charge in [0.15, 0.2) is 12.7 Å². The van der Waals surface area contributed by atoms with E-state index in [4.69, 9.17) is 0 Å². The van der Waals surface area contributed by atoms with E-state index < -0.39 is 36.5 Å². The van der Waals surface area contributed by atoms with Gasteiger partial charge in [0.05, 0.1) is 11.3 Å². The summed E-state index contributed by atoms with van der Waals surface area (Å²) in [6, 6.07) is 4.03. The highest BCUT2D eigenvalue weighted by molar-refractivity contribution is 6.06. The third kappa shape index (κ3) is 5.16. The second-order valence-corrected chi connectivity index (χ2v) is 6.72. The first kappa shape index (κ1) is 23.4. The maximum absolute atomic E-state index is 13.4. The summed E-state index contributed by atoms with van der Waals surface area (Å²) < 4.78 is 51.2. The molecule has 7 nitrogen and oxygen atoms in total. The number of anilines is 1. The summed E-state index contributed by atoms with van der Waals surface area (Å²) >= 11 is 0. The second-order valence-electron chi connectivity index (χ2n) is 6.72. The van der Waals surface area contributed by atoms with Crippen molar-refractivity contribution < 1.29 is 37.1 Å². The minimum atomic E-state index is -4.65. The van der Waals surface area contributed by atoms with E-state index in [1.54, 1.807) is 12.4 Å². The van der Waals surface area contributed by atoms with Crippen molar-refractivity contribution in [1.29, 1.82) is 0 Å². The predicted molar refractivity (Wildman–Crippen MR) is 99.1 cm³/mol. The van der Waals surface area contributed by atoms with Gasteiger partial charge < -0.3 is 15.0 Å². The Morgan fingerprint density at radius 2 is 1.87 bits per heavy atom. The van der Waals surface area contributed by atoms with Crippen molar-refractivity contribution in [2.75, 3.05) is 11.9 Å². The Balaban J connectivity index is 2.23. The van der Waals surface area contributed by atoms with Crippen molar-refractivity contribution in [3.8, 4) is 0 Å². The van der Waals surface area contributed by atoms with Crippen molar-refractivity contribution in [2.24, 2.45) is 7.05 Å². The van der Waals surface area contributed by atoms with E-state index in [1.807, 2.05) is 0 Å². The van der Waals surface area contributed by atoms with Crippen LogP contribution in [0, 0.1) is 26.6 Å². The topological polar surface area (TPSA) is 92.6 Å². The highest BCUT2D eigenvalue weighted by atomic mass is 19.4. The maximum atomic E-state index is 13.4. The molecule has 30 heavy (non-hydrogen) atoms. The summed E-state index contributed by atoms with van der Waals surface area (Å²) in [6.07, 6.45) is -6.53. The molecule has 1 aromatic carbocycles. The molecule has 2 aromatic rings. The Morgan fingerprint density at radius 3 is 2.43 bits per heavy atom. The van der Waals surface area contributed by atoms with Gasteiger partial charge in [-0.1, -0.05) is 0 Å². The number of hydrogen-bond acceptors (Lipinski definition) is 4. The molecule has 2 amide bonds. The SMILES string of the molecule is Cc1cc(NC(=O)c2c(C)c(C(O)C(=O)NOCC(F)(F)F)n(C)c2C)ccc1F. The summed E-state index contributed by atoms with van der Waals surface area (Å²) in [5.41, 5.74) is 3.06. The van der Waals surface area contributed by atoms with Crippen LogP contribution < -0.4 is 10.8 Å². The zero-order valence-corrected chi connectivity index (χ0v) is 16.6. The van der Waals surface area contributed by atoms with E-state index >= 15 is 0 Å². The summed E-state index contributed by atoms with van der Waals surface area (Å²) in [4.78, 5) is 28.8. The molecular weight excluding hydrogens is 410 g/mol. The number of benzene rings is 1. The first-order chi connectivity index (χ1) is 13.8. The number of aromatic nitrogens is 1. The largest absolute Gasteiger partial charge is 0.414 e. The quantitative estimate of drug-likeness (QED) is 0.484. The van der Waals surface area contributed by atoms with E-state index in [1.165, 1.54) is 43.7 Å². The number of carbonyl (C=O) groups excluding carboxylic acids is 2. The molecular formula is C19H21F4N3O4. The fourth-order valence-corrected chi connectivity index (χ4v) is 3.01. The molecule has 0 aliphatic carbocycles. The van der Waals surface area contributed by atoms with Gasteiger partial charge in [0.25, 0.3) is 11.8 Å². The number of amides is 2. The lowest BCUT2D eigenvalue weighted by atomic mass is 10.1. The van der Waals surface area contributed by atoms with Crippen LogP contribution in [0.1, 0.15) is 39.0 Å². The summed E-state index contributed by atoms with van der Waals surface area (Å²) in [5, 5.41) is 12.9. The average Bonchev–Trinajstić information content (AvgIpc) is 2.85. The van der Waals surface area contributed by atoms with E-state index in [2.05, 4.69) is 10.2 Å². The monoisotopic (exact) mass is 431 g/mol. The van der Waals surface area contributed by atoms with Gasteiger partial charge in [-0.3, -0.25) is 14.4 Å². The van der Waals surface area contributed by atoms with E-state index in [9.17, 15) is 32.3 Å². The number of halogens is 4. The average molecular weight is 431 g/mol. The van der Waals surface area contributed by atoms with Crippen molar-refractivity contribution in [2.45, 2.75) is 33.1 Å². The first-order valence-corrected chi connectivity index (χ1v) is 8.73. The number of nitrogens with one attached hydrogen (secondary N) is 2. The van der Waals surface area contributed by atoms with E-state index in [0.29, 0.717) is 16.9 Å². The molecule has 3 N–H and O–H groups in total. The Labute approximate surface area is 169 Å². The smallest absolute Gasteiger partial charge is 0.377 e. The number of alkyl halides is 3. The van der Waals surface area contributed by atoms with Crippen molar-refractivity contribution in [1.82, 2.24) is 10.0 Å². The van der Waals surface area contributed by atoms with Gasteiger partial charge in [0.2, 0.25) is 0 Å². The molecule has 0 radical (unpaired) electrons. The second kappa shape index (κ2) is 8.84. The molecule has 2 rings (SSSR count). The van der Waals surface area contributed by atoms with Crippen LogP contribution in [-0.4, -0.2) is 34.3 Å². The van der Waals surface area contributed by atoms with Crippen LogP contribution >= 0.6 is 0 Å². The normalized spacial score (nSPS) is 12.6. The van der Waals surface area contributed by atoms with Crippen LogP contribution in [0.3, 0.4) is 0 Å². The van der Waals surface area contributed by atoms with Gasteiger partial charge in [0.1, 0.15) is 5.82 Å². The molecule has 0 saturated heterocycles. The van der Waals surface area contributed by atoms with Gasteiger partial charge >= 0.3 is 6.18 Å². The van der Waals surface area contributed by atoms with Gasteiger partial charge in [-0.05, 0) is 50.1 Å². The predicted octanol–water partition coefficient (Wildman–Crippen LogP) is 2.99. The zero-order chi connectivity index (χ0) is 22.8. The number of aliphatic hydroxyl groups is 1. The van der Waals surface area contributed by atoms with Crippen LogP contribution in [-0.2, 0) is 16.7 Å². The summed E-state index contributed by atoms with van der Waals surface area (Å²) in [5.74, 6) is -2.20. The molecule has 0 saturated carbocycles. The Morgan fingerprint density at radius 1 is 1.23 bits per heavy atom. The van der Waals surface area contributed by atoms with Gasteiger partial charge in [0, 0.05) is 18.4 Å². The van der Waals surface area contributed by atoms with E-state index in [0.717, 1.165) is 0 Å². The molecule has 0 bridgehead atoms. The number of hydroxylamine groups is 1. The molecule has 1 unspecified atom stereocenters. The standard InChI is InChI=1S/C19H21F4N3O4/c1-9-7-12(5-6-13(9)20)24-17(28)14-10(2)15(26(4)11(14)3)16(27)18(29)25-30-8-19(21,22)23/h5-7,16,27H,8H2,1-4H3,(H,24,28)(H,25,29). The number of hydrogen-bond donors (Lipinski definition) is 3. The highest BCUT2D eigenvalue weighted by Crippen LogP contribution is 2.28. The minimum absolute atomic E-state index is 0.0149. The Bertz CT molecular complexity index is 970. The van der Waals surface area contributed by atoms with Crippen molar-refractivity contribution in [3.63, 3.8) is 0 Å². The molecule has 164 valence electrons. The summed E-state index contributed by atoms with van der Waals surface area (Å²) in [6.45, 7) is 2.88. The lowest BCUT2D eigenvalue weighted by molar-refractivity contribution is -0.194. The first-order valence-electron chi connectivity index (χ1n) is 8.73. The number of carbonyl (C=O) groups is 2. The maximum Gasteiger partial charge on any atom is 0.414 e. The minimum Gasteiger partial charge on any atom is -0.377 e. The fourth-order valence-electron chi connectivity index (χ4n) is 3.01. The molecule has 0 aliphatic rings. The van der Waals surface area contributed by atoms with Crippen molar-refractivity contribution in [3.05, 3.63) is 52.1 Å². The molecule has 1 atom stereocenters. The van der Waals surface area contributed by atoms with Gasteiger partial charge in [-0.25, -0.2) is 9.87 Å². The zero-order valence-electron chi connectivity index (χ0n) is 16.6. The number of aryl methyl sites for hydroxylation is 1. The van der Waals surface area contributed by atoms with E-state index in [-0.39, 0.29) is 16.8 Å². The van der Waals surface area contributed by atoms with Crippen LogP contribution in [0.2, 0.25) is 0 Å². The van der Waals surface area contributed by atoms with Crippen LogP contribution in [0.5, 0.6) is 0 Å². The number of aliphatic hydroxyl groups excluding tert-OH is 1. The lowest BCUT2D eigenvalue weighted by Gasteiger charge is -2.14. The molecule has 11 heteroatoms. The third-order valence-corrected chi connectivity index (χ3v) is 4.54.